The van der Waals surface area contributed by atoms with Crippen molar-refractivity contribution in [1.82, 2.24) is 10.2 Å². The Labute approximate surface area is 253 Å². The maximum absolute atomic E-state index is 14.2. The van der Waals surface area contributed by atoms with Crippen LogP contribution in [0.25, 0.3) is 0 Å². The van der Waals surface area contributed by atoms with Crippen molar-refractivity contribution in [3.8, 4) is 5.75 Å². The topological polar surface area (TPSA) is 96.0 Å². The predicted molar refractivity (Wildman–Crippen MR) is 166 cm³/mol. The van der Waals surface area contributed by atoms with Gasteiger partial charge in [0, 0.05) is 24.0 Å². The first-order valence-corrected chi connectivity index (χ1v) is 16.4. The third kappa shape index (κ3) is 8.72. The molecular formula is C32H38ClN3O5S. The number of ether oxygens (including phenoxy) is 1. The SMILES string of the molecule is COc1ccc(N(CC(=O)N(Cc2ccc(Cl)cc2)[C@@H](Cc2ccccc2)C(=O)NC2CCCCC2)S(C)(=O)=O)cc1. The van der Waals surface area contributed by atoms with E-state index in [2.05, 4.69) is 5.32 Å². The van der Waals surface area contributed by atoms with Crippen molar-refractivity contribution in [2.75, 3.05) is 24.2 Å². The first-order valence-electron chi connectivity index (χ1n) is 14.1. The highest BCUT2D eigenvalue weighted by molar-refractivity contribution is 7.92. The van der Waals surface area contributed by atoms with Crippen molar-refractivity contribution in [1.29, 1.82) is 0 Å². The molecule has 4 rings (SSSR count). The Bertz CT molecular complexity index is 1430. The van der Waals surface area contributed by atoms with Crippen LogP contribution in [0.2, 0.25) is 5.02 Å². The van der Waals surface area contributed by atoms with E-state index in [0.717, 1.165) is 53.8 Å². The zero-order valence-corrected chi connectivity index (χ0v) is 25.6. The van der Waals surface area contributed by atoms with Crippen LogP contribution in [-0.2, 0) is 32.6 Å². The Morgan fingerprint density at radius 2 is 1.57 bits per heavy atom. The number of carbonyl (C=O) groups is 2. The molecule has 1 aliphatic carbocycles. The summed E-state index contributed by atoms with van der Waals surface area (Å²) < 4.78 is 32.1. The number of hydrogen-bond acceptors (Lipinski definition) is 5. The fraction of sp³-hybridized carbons (Fsp3) is 0.375. The summed E-state index contributed by atoms with van der Waals surface area (Å²) in [6.07, 6.45) is 6.38. The average Bonchev–Trinajstić information content (AvgIpc) is 2.99. The van der Waals surface area contributed by atoms with Crippen LogP contribution in [0.3, 0.4) is 0 Å². The molecule has 42 heavy (non-hydrogen) atoms. The van der Waals surface area contributed by atoms with Crippen molar-refractivity contribution < 1.29 is 22.7 Å². The minimum atomic E-state index is -3.85. The number of carbonyl (C=O) groups excluding carboxylic acids is 2. The van der Waals surface area contributed by atoms with Gasteiger partial charge >= 0.3 is 0 Å². The summed E-state index contributed by atoms with van der Waals surface area (Å²) >= 11 is 6.12. The number of nitrogens with zero attached hydrogens (tertiary/aromatic N) is 2. The predicted octanol–water partition coefficient (Wildman–Crippen LogP) is 5.20. The fourth-order valence-electron chi connectivity index (χ4n) is 5.25. The number of benzene rings is 3. The lowest BCUT2D eigenvalue weighted by Gasteiger charge is -2.35. The number of anilines is 1. The normalized spacial score (nSPS) is 14.5. The number of sulfonamides is 1. The van der Waals surface area contributed by atoms with E-state index in [9.17, 15) is 18.0 Å². The highest BCUT2D eigenvalue weighted by atomic mass is 35.5. The van der Waals surface area contributed by atoms with E-state index in [1.165, 1.54) is 12.0 Å². The molecule has 0 heterocycles. The second-order valence-electron chi connectivity index (χ2n) is 10.7. The minimum Gasteiger partial charge on any atom is -0.497 e. The summed E-state index contributed by atoms with van der Waals surface area (Å²) in [5.74, 6) is -0.181. The lowest BCUT2D eigenvalue weighted by molar-refractivity contribution is -0.140. The molecule has 3 aromatic rings. The molecule has 0 aliphatic heterocycles. The van der Waals surface area contributed by atoms with Crippen LogP contribution in [0, 0.1) is 0 Å². The van der Waals surface area contributed by atoms with Gasteiger partial charge in [-0.15, -0.1) is 0 Å². The van der Waals surface area contributed by atoms with E-state index < -0.39 is 28.5 Å². The van der Waals surface area contributed by atoms with Crippen LogP contribution in [-0.4, -0.2) is 57.1 Å². The van der Waals surface area contributed by atoms with Gasteiger partial charge in [0.1, 0.15) is 18.3 Å². The number of halogens is 1. The third-order valence-corrected chi connectivity index (χ3v) is 8.92. The molecule has 1 aliphatic rings. The van der Waals surface area contributed by atoms with Gasteiger partial charge in [-0.25, -0.2) is 8.42 Å². The van der Waals surface area contributed by atoms with Gasteiger partial charge in [-0.3, -0.25) is 13.9 Å². The molecule has 0 radical (unpaired) electrons. The molecule has 0 bridgehead atoms. The lowest BCUT2D eigenvalue weighted by Crippen LogP contribution is -2.55. The van der Waals surface area contributed by atoms with Crippen LogP contribution in [0.4, 0.5) is 5.69 Å². The summed E-state index contributed by atoms with van der Waals surface area (Å²) in [6.45, 7) is -0.368. The molecule has 1 atom stereocenters. The third-order valence-electron chi connectivity index (χ3n) is 7.53. The standard InChI is InChI=1S/C32H38ClN3O5S/c1-41-29-19-17-28(18-20-29)36(42(2,39)40)23-31(37)35(22-25-13-15-26(33)16-14-25)30(21-24-9-5-3-6-10-24)32(38)34-27-11-7-4-8-12-27/h3,5-6,9-10,13-20,27,30H,4,7-8,11-12,21-23H2,1-2H3,(H,34,38)/t30-/m0/s1. The molecule has 1 fully saturated rings. The Kier molecular flexibility index (Phi) is 10.9. The summed E-state index contributed by atoms with van der Waals surface area (Å²) in [5, 5.41) is 3.75. The van der Waals surface area contributed by atoms with Gasteiger partial charge < -0.3 is 15.0 Å². The maximum Gasteiger partial charge on any atom is 0.244 e. The zero-order chi connectivity index (χ0) is 30.1. The molecule has 224 valence electrons. The molecule has 0 spiro atoms. The summed E-state index contributed by atoms with van der Waals surface area (Å²) in [4.78, 5) is 29.6. The van der Waals surface area contributed by atoms with Crippen LogP contribution in [0.15, 0.2) is 78.9 Å². The number of amides is 2. The van der Waals surface area contributed by atoms with Gasteiger partial charge in [-0.1, -0.05) is 73.3 Å². The molecule has 3 aromatic carbocycles. The Hall–Kier alpha value is -3.56. The molecule has 1 saturated carbocycles. The minimum absolute atomic E-state index is 0.0452. The number of hydrogen-bond donors (Lipinski definition) is 1. The highest BCUT2D eigenvalue weighted by Crippen LogP contribution is 2.24. The van der Waals surface area contributed by atoms with Crippen molar-refractivity contribution in [3.05, 3.63) is 95.0 Å². The van der Waals surface area contributed by atoms with E-state index in [0.29, 0.717) is 16.5 Å². The summed E-state index contributed by atoms with van der Waals surface area (Å²) in [6, 6.07) is 22.2. The quantitative estimate of drug-likeness (QED) is 0.304. The van der Waals surface area contributed by atoms with Gasteiger partial charge in [-0.2, -0.15) is 0 Å². The Morgan fingerprint density at radius 1 is 0.929 bits per heavy atom. The van der Waals surface area contributed by atoms with Crippen molar-refractivity contribution in [2.24, 2.45) is 0 Å². The number of methoxy groups -OCH3 is 1. The largest absolute Gasteiger partial charge is 0.497 e. The number of nitrogens with one attached hydrogen (secondary N) is 1. The maximum atomic E-state index is 14.2. The van der Waals surface area contributed by atoms with Crippen LogP contribution >= 0.6 is 11.6 Å². The average molecular weight is 612 g/mol. The van der Waals surface area contributed by atoms with Gasteiger partial charge in [0.2, 0.25) is 21.8 Å². The number of rotatable bonds is 12. The molecule has 1 N–H and O–H groups in total. The monoisotopic (exact) mass is 611 g/mol. The highest BCUT2D eigenvalue weighted by Gasteiger charge is 2.34. The Morgan fingerprint density at radius 3 is 2.17 bits per heavy atom. The Balaban J connectivity index is 1.70. The van der Waals surface area contributed by atoms with Crippen molar-refractivity contribution in [3.63, 3.8) is 0 Å². The molecular weight excluding hydrogens is 574 g/mol. The summed E-state index contributed by atoms with van der Waals surface area (Å²) in [7, 11) is -2.32. The van der Waals surface area contributed by atoms with Gasteiger partial charge in [0.25, 0.3) is 0 Å². The smallest absolute Gasteiger partial charge is 0.244 e. The van der Waals surface area contributed by atoms with E-state index >= 15 is 0 Å². The second kappa shape index (κ2) is 14.6. The summed E-state index contributed by atoms with van der Waals surface area (Å²) in [5.41, 5.74) is 1.99. The molecule has 8 nitrogen and oxygen atoms in total. The van der Waals surface area contributed by atoms with Crippen LogP contribution in [0.5, 0.6) is 5.75 Å². The second-order valence-corrected chi connectivity index (χ2v) is 13.0. The van der Waals surface area contributed by atoms with E-state index in [-0.39, 0.29) is 24.9 Å². The van der Waals surface area contributed by atoms with Gasteiger partial charge in [0.05, 0.1) is 19.1 Å². The molecule has 10 heteroatoms. The molecule has 2 amide bonds. The van der Waals surface area contributed by atoms with Gasteiger partial charge in [0.15, 0.2) is 0 Å². The zero-order valence-electron chi connectivity index (χ0n) is 24.0. The van der Waals surface area contributed by atoms with E-state index in [1.807, 2.05) is 30.3 Å². The van der Waals surface area contributed by atoms with Crippen molar-refractivity contribution in [2.45, 2.75) is 57.2 Å². The van der Waals surface area contributed by atoms with Crippen molar-refractivity contribution >= 4 is 39.1 Å². The first-order chi connectivity index (χ1) is 20.1. The molecule has 0 saturated heterocycles. The van der Waals surface area contributed by atoms with E-state index in [4.69, 9.17) is 16.3 Å². The fourth-order valence-corrected chi connectivity index (χ4v) is 6.22. The first kappa shape index (κ1) is 31.4. The molecule has 0 unspecified atom stereocenters. The van der Waals surface area contributed by atoms with E-state index in [1.54, 1.807) is 48.5 Å². The van der Waals surface area contributed by atoms with Crippen LogP contribution in [0.1, 0.15) is 43.2 Å². The van der Waals surface area contributed by atoms with Crippen LogP contribution < -0.4 is 14.4 Å². The molecule has 0 aromatic heterocycles. The van der Waals surface area contributed by atoms with Gasteiger partial charge in [-0.05, 0) is 60.4 Å². The lowest BCUT2D eigenvalue weighted by atomic mass is 9.94.